The van der Waals surface area contributed by atoms with Crippen LogP contribution in [0.1, 0.15) is 46.8 Å². The topological polar surface area (TPSA) is 83.9 Å². The van der Waals surface area contributed by atoms with Crippen LogP contribution in [-0.2, 0) is 18.3 Å². The van der Waals surface area contributed by atoms with Crippen LogP contribution in [0, 0.1) is 19.8 Å². The predicted octanol–water partition coefficient (Wildman–Crippen LogP) is 1.81. The first-order chi connectivity index (χ1) is 12.0. The Balaban J connectivity index is 1.59. The Bertz CT molecular complexity index is 776. The number of piperidine rings is 1. The van der Waals surface area contributed by atoms with Crippen LogP contribution in [0.15, 0.2) is 12.4 Å². The number of nitrogens with zero attached hydrogens (tertiary/aromatic N) is 4. The maximum atomic E-state index is 12.6. The van der Waals surface area contributed by atoms with Gasteiger partial charge < -0.3 is 9.47 Å². The molecule has 0 aromatic carbocycles. The number of carbonyl (C=O) groups is 2. The molecule has 0 bridgehead atoms. The molecule has 1 saturated heterocycles. The molecule has 1 amide bonds. The number of aryl methyl sites for hydroxylation is 3. The molecule has 134 valence electrons. The van der Waals surface area contributed by atoms with Crippen molar-refractivity contribution in [2.45, 2.75) is 39.5 Å². The fraction of sp³-hybridized carbons (Fsp3) is 0.556. The molecule has 7 nitrogen and oxygen atoms in total. The molecule has 3 heterocycles. The van der Waals surface area contributed by atoms with Crippen molar-refractivity contribution in [3.63, 3.8) is 0 Å². The van der Waals surface area contributed by atoms with E-state index in [2.05, 4.69) is 15.2 Å². The highest BCUT2D eigenvalue weighted by Crippen LogP contribution is 2.21. The Morgan fingerprint density at radius 1 is 1.36 bits per heavy atom. The number of hydrogen-bond acceptors (Lipinski definition) is 4. The lowest BCUT2D eigenvalue weighted by Gasteiger charge is -2.32. The van der Waals surface area contributed by atoms with Crippen molar-refractivity contribution in [2.24, 2.45) is 13.0 Å². The van der Waals surface area contributed by atoms with Gasteiger partial charge in [-0.2, -0.15) is 5.10 Å². The number of H-pyrrole nitrogens is 1. The predicted molar refractivity (Wildman–Crippen MR) is 93.2 cm³/mol. The van der Waals surface area contributed by atoms with E-state index in [-0.39, 0.29) is 17.6 Å². The van der Waals surface area contributed by atoms with Crippen LogP contribution in [0.3, 0.4) is 0 Å². The van der Waals surface area contributed by atoms with Gasteiger partial charge in [-0.15, -0.1) is 0 Å². The molecule has 1 fully saturated rings. The summed E-state index contributed by atoms with van der Waals surface area (Å²) in [5, 5.41) is 7.21. The lowest BCUT2D eigenvalue weighted by molar-refractivity contribution is -0.132. The highest BCUT2D eigenvalue weighted by molar-refractivity contribution is 5.95. The van der Waals surface area contributed by atoms with Crippen LogP contribution in [0.4, 0.5) is 0 Å². The van der Waals surface area contributed by atoms with E-state index in [1.54, 1.807) is 17.0 Å². The fourth-order valence-electron chi connectivity index (χ4n) is 3.37. The Morgan fingerprint density at radius 3 is 2.80 bits per heavy atom. The lowest BCUT2D eigenvalue weighted by Crippen LogP contribution is -2.42. The Hall–Kier alpha value is -2.44. The highest BCUT2D eigenvalue weighted by Gasteiger charge is 2.30. The number of imidazole rings is 1. The number of amides is 1. The van der Waals surface area contributed by atoms with Crippen molar-refractivity contribution in [3.05, 3.63) is 35.2 Å². The van der Waals surface area contributed by atoms with Crippen molar-refractivity contribution in [2.75, 3.05) is 13.1 Å². The van der Waals surface area contributed by atoms with Gasteiger partial charge in [0.25, 0.3) is 0 Å². The summed E-state index contributed by atoms with van der Waals surface area (Å²) in [5.41, 5.74) is 3.11. The Kier molecular flexibility index (Phi) is 5.01. The number of hydrogen-bond donors (Lipinski definition) is 1. The smallest absolute Gasteiger partial charge is 0.222 e. The summed E-state index contributed by atoms with van der Waals surface area (Å²) in [4.78, 5) is 31.2. The summed E-state index contributed by atoms with van der Waals surface area (Å²) >= 11 is 0. The highest BCUT2D eigenvalue weighted by atomic mass is 16.2. The minimum Gasteiger partial charge on any atom is -0.342 e. The maximum absolute atomic E-state index is 12.6. The molecule has 0 spiro atoms. The third-order valence-electron chi connectivity index (χ3n) is 5.12. The van der Waals surface area contributed by atoms with Crippen molar-refractivity contribution < 1.29 is 9.59 Å². The van der Waals surface area contributed by atoms with Gasteiger partial charge in [0.05, 0.1) is 5.69 Å². The molecule has 1 N–H and O–H groups in total. The molecule has 0 aliphatic carbocycles. The molecule has 2 aromatic rings. The number of nitrogens with one attached hydrogen (secondary N) is 1. The standard InChI is InChI=1S/C18H25N5O2/c1-12-13(2)20-21-15(12)6-7-16(24)23-9-4-5-14(11-23)17(25)18-19-8-10-22(18)3/h8,10,14H,4-7,9,11H2,1-3H3,(H,20,21)/t14-/m0/s1. The molecule has 2 aromatic heterocycles. The van der Waals surface area contributed by atoms with Gasteiger partial charge in [-0.3, -0.25) is 14.7 Å². The van der Waals surface area contributed by atoms with Crippen molar-refractivity contribution >= 4 is 11.7 Å². The van der Waals surface area contributed by atoms with Crippen molar-refractivity contribution in [3.8, 4) is 0 Å². The Labute approximate surface area is 147 Å². The first-order valence-electron chi connectivity index (χ1n) is 8.77. The average Bonchev–Trinajstić information content (AvgIpc) is 3.19. The van der Waals surface area contributed by atoms with E-state index in [9.17, 15) is 9.59 Å². The van der Waals surface area contributed by atoms with Gasteiger partial charge in [-0.1, -0.05) is 0 Å². The van der Waals surface area contributed by atoms with E-state index in [0.29, 0.717) is 25.2 Å². The molecular formula is C18H25N5O2. The number of aromatic amines is 1. The minimum absolute atomic E-state index is 0.0313. The van der Waals surface area contributed by atoms with Crippen LogP contribution in [0.5, 0.6) is 0 Å². The summed E-state index contributed by atoms with van der Waals surface area (Å²) < 4.78 is 1.74. The molecule has 1 atom stereocenters. The fourth-order valence-corrected chi connectivity index (χ4v) is 3.37. The van der Waals surface area contributed by atoms with Crippen LogP contribution in [-0.4, -0.2) is 49.4 Å². The molecule has 1 aliphatic heterocycles. The monoisotopic (exact) mass is 343 g/mol. The number of rotatable bonds is 5. The largest absolute Gasteiger partial charge is 0.342 e. The maximum Gasteiger partial charge on any atom is 0.222 e. The van der Waals surface area contributed by atoms with Crippen molar-refractivity contribution in [1.82, 2.24) is 24.6 Å². The van der Waals surface area contributed by atoms with Gasteiger partial charge in [0.15, 0.2) is 5.82 Å². The van der Waals surface area contributed by atoms with E-state index in [1.165, 1.54) is 0 Å². The first kappa shape index (κ1) is 17.4. The quantitative estimate of drug-likeness (QED) is 0.839. The lowest BCUT2D eigenvalue weighted by atomic mass is 9.93. The molecule has 25 heavy (non-hydrogen) atoms. The summed E-state index contributed by atoms with van der Waals surface area (Å²) in [5.74, 6) is 0.441. The second-order valence-electron chi connectivity index (χ2n) is 6.83. The van der Waals surface area contributed by atoms with E-state index in [0.717, 1.165) is 36.3 Å². The Morgan fingerprint density at radius 2 is 2.16 bits per heavy atom. The second-order valence-corrected chi connectivity index (χ2v) is 6.83. The zero-order valence-corrected chi connectivity index (χ0v) is 15.1. The molecule has 0 radical (unpaired) electrons. The molecule has 7 heteroatoms. The number of ketones is 1. The van der Waals surface area contributed by atoms with Crippen LogP contribution >= 0.6 is 0 Å². The van der Waals surface area contributed by atoms with Gasteiger partial charge >= 0.3 is 0 Å². The van der Waals surface area contributed by atoms with E-state index < -0.39 is 0 Å². The SMILES string of the molecule is Cc1[nH]nc(CCC(=O)N2CCC[C@H](C(=O)c3nccn3C)C2)c1C. The number of aromatic nitrogens is 4. The normalized spacial score (nSPS) is 17.7. The van der Waals surface area contributed by atoms with Gasteiger partial charge in [0.2, 0.25) is 11.7 Å². The third kappa shape index (κ3) is 3.65. The number of carbonyl (C=O) groups excluding carboxylic acids is 2. The van der Waals surface area contributed by atoms with E-state index in [1.807, 2.05) is 25.8 Å². The second kappa shape index (κ2) is 7.21. The number of likely N-dealkylation sites (tertiary alicyclic amines) is 1. The van der Waals surface area contributed by atoms with Gasteiger partial charge in [-0.25, -0.2) is 4.98 Å². The van der Waals surface area contributed by atoms with Crippen LogP contribution in [0.2, 0.25) is 0 Å². The van der Waals surface area contributed by atoms with Crippen LogP contribution < -0.4 is 0 Å². The summed E-state index contributed by atoms with van der Waals surface area (Å²) in [6, 6.07) is 0. The van der Waals surface area contributed by atoms with Gasteiger partial charge in [-0.05, 0) is 32.3 Å². The minimum atomic E-state index is -0.159. The summed E-state index contributed by atoms with van der Waals surface area (Å²) in [6.45, 7) is 5.21. The first-order valence-corrected chi connectivity index (χ1v) is 8.77. The summed E-state index contributed by atoms with van der Waals surface area (Å²) in [6.07, 6.45) is 6.12. The third-order valence-corrected chi connectivity index (χ3v) is 5.12. The molecule has 0 saturated carbocycles. The van der Waals surface area contributed by atoms with E-state index in [4.69, 9.17) is 0 Å². The van der Waals surface area contributed by atoms with Gasteiger partial charge in [0, 0.05) is 57.0 Å². The van der Waals surface area contributed by atoms with Gasteiger partial charge in [0.1, 0.15) is 0 Å². The number of Topliss-reactive ketones (excluding diaryl/α,β-unsaturated/α-hetero) is 1. The zero-order valence-electron chi connectivity index (χ0n) is 15.1. The molecular weight excluding hydrogens is 318 g/mol. The molecule has 1 aliphatic rings. The van der Waals surface area contributed by atoms with E-state index >= 15 is 0 Å². The zero-order chi connectivity index (χ0) is 18.0. The van der Waals surface area contributed by atoms with Crippen LogP contribution in [0.25, 0.3) is 0 Å². The summed E-state index contributed by atoms with van der Waals surface area (Å²) in [7, 11) is 1.82. The molecule has 3 rings (SSSR count). The molecule has 0 unspecified atom stereocenters. The van der Waals surface area contributed by atoms with Crippen molar-refractivity contribution in [1.29, 1.82) is 0 Å². The average molecular weight is 343 g/mol.